The molecule has 0 bridgehead atoms. The molecule has 1 heterocycles. The van der Waals surface area contributed by atoms with Gasteiger partial charge in [-0.15, -0.1) is 12.4 Å². The minimum Gasteiger partial charge on any atom is -0.316 e. The Balaban J connectivity index is 0.00000180. The van der Waals surface area contributed by atoms with Crippen molar-refractivity contribution in [2.45, 2.75) is 24.6 Å². The zero-order chi connectivity index (χ0) is 12.6. The molecule has 0 saturated carbocycles. The molecule has 1 fully saturated rings. The van der Waals surface area contributed by atoms with Crippen LogP contribution >= 0.6 is 24.2 Å². The molecule has 0 aromatic heterocycles. The molecule has 1 aromatic rings. The number of piperidine rings is 1. The lowest BCUT2D eigenvalue weighted by Gasteiger charge is -2.32. The number of benzene rings is 1. The normalized spacial score (nSPS) is 19.9. The summed E-state index contributed by atoms with van der Waals surface area (Å²) in [6.45, 7) is 3.74. The van der Waals surface area contributed by atoms with Gasteiger partial charge in [0.1, 0.15) is 0 Å². The monoisotopic (exact) mass is 300 g/mol. The van der Waals surface area contributed by atoms with Crippen LogP contribution in [0.1, 0.15) is 18.4 Å². The zero-order valence-electron chi connectivity index (χ0n) is 11.7. The highest BCUT2D eigenvalue weighted by Gasteiger charge is 2.17. The van der Waals surface area contributed by atoms with Crippen molar-refractivity contribution in [3.8, 4) is 0 Å². The molecule has 1 aliphatic heterocycles. The molecule has 0 aliphatic carbocycles. The third-order valence-electron chi connectivity index (χ3n) is 3.58. The van der Waals surface area contributed by atoms with Gasteiger partial charge in [0.2, 0.25) is 0 Å². The highest BCUT2D eigenvalue weighted by atomic mass is 35.5. The van der Waals surface area contributed by atoms with Crippen molar-refractivity contribution in [3.63, 3.8) is 0 Å². The van der Waals surface area contributed by atoms with Crippen molar-refractivity contribution in [3.05, 3.63) is 35.9 Å². The first-order valence-electron chi connectivity index (χ1n) is 6.90. The number of nitrogens with zero attached hydrogens (tertiary/aromatic N) is 1. The standard InChI is InChI=1S/C15H24N2S.ClH/c1-16-15-8-5-9-17(12-15)10-11-18-13-14-6-3-2-4-7-14;/h2-4,6-7,15-16H,5,8-13H2,1H3;1H. The summed E-state index contributed by atoms with van der Waals surface area (Å²) in [5.74, 6) is 2.38. The Labute approximate surface area is 127 Å². The van der Waals surface area contributed by atoms with E-state index in [4.69, 9.17) is 0 Å². The van der Waals surface area contributed by atoms with Gasteiger partial charge in [-0.25, -0.2) is 0 Å². The summed E-state index contributed by atoms with van der Waals surface area (Å²) >= 11 is 2.05. The fourth-order valence-electron chi connectivity index (χ4n) is 2.45. The Bertz CT molecular complexity index is 334. The minimum absolute atomic E-state index is 0. The third kappa shape index (κ3) is 6.17. The highest BCUT2D eigenvalue weighted by Crippen LogP contribution is 2.14. The molecule has 0 spiro atoms. The summed E-state index contributed by atoms with van der Waals surface area (Å²) in [6.07, 6.45) is 2.68. The SMILES string of the molecule is CNC1CCCN(CCSCc2ccccc2)C1.Cl. The lowest BCUT2D eigenvalue weighted by Crippen LogP contribution is -2.45. The van der Waals surface area contributed by atoms with E-state index in [1.165, 1.54) is 43.8 Å². The van der Waals surface area contributed by atoms with E-state index in [0.717, 1.165) is 5.75 Å². The predicted octanol–water partition coefficient (Wildman–Crippen LogP) is 3.03. The predicted molar refractivity (Wildman–Crippen MR) is 88.4 cm³/mol. The second-order valence-corrected chi connectivity index (χ2v) is 6.07. The van der Waals surface area contributed by atoms with Crippen LogP contribution in [-0.4, -0.2) is 43.4 Å². The lowest BCUT2D eigenvalue weighted by atomic mass is 10.1. The van der Waals surface area contributed by atoms with Gasteiger partial charge in [0, 0.05) is 30.6 Å². The van der Waals surface area contributed by atoms with Gasteiger partial charge in [-0.3, -0.25) is 0 Å². The topological polar surface area (TPSA) is 15.3 Å². The van der Waals surface area contributed by atoms with Crippen LogP contribution in [-0.2, 0) is 5.75 Å². The number of hydrogen-bond acceptors (Lipinski definition) is 3. The van der Waals surface area contributed by atoms with Crippen LogP contribution in [0.25, 0.3) is 0 Å². The Morgan fingerprint density at radius 2 is 2.11 bits per heavy atom. The van der Waals surface area contributed by atoms with Gasteiger partial charge in [-0.05, 0) is 32.0 Å². The molecule has 1 saturated heterocycles. The average Bonchev–Trinajstić information content (AvgIpc) is 2.45. The van der Waals surface area contributed by atoms with E-state index in [0.29, 0.717) is 6.04 Å². The van der Waals surface area contributed by atoms with Crippen molar-refractivity contribution >= 4 is 24.2 Å². The molecule has 0 radical (unpaired) electrons. The largest absolute Gasteiger partial charge is 0.316 e. The maximum Gasteiger partial charge on any atom is 0.0192 e. The fourth-order valence-corrected chi connectivity index (χ4v) is 3.41. The molecular weight excluding hydrogens is 276 g/mol. The summed E-state index contributed by atoms with van der Waals surface area (Å²) < 4.78 is 0. The van der Waals surface area contributed by atoms with Gasteiger partial charge in [0.05, 0.1) is 0 Å². The van der Waals surface area contributed by atoms with Crippen molar-refractivity contribution in [2.24, 2.45) is 0 Å². The van der Waals surface area contributed by atoms with Crippen LogP contribution in [0.3, 0.4) is 0 Å². The van der Waals surface area contributed by atoms with E-state index >= 15 is 0 Å². The van der Waals surface area contributed by atoms with E-state index in [-0.39, 0.29) is 12.4 Å². The van der Waals surface area contributed by atoms with E-state index in [1.54, 1.807) is 0 Å². The molecule has 0 amide bonds. The molecule has 1 N–H and O–H groups in total. The van der Waals surface area contributed by atoms with Crippen LogP contribution in [0.4, 0.5) is 0 Å². The molecule has 4 heteroatoms. The summed E-state index contributed by atoms with van der Waals surface area (Å²) in [5, 5.41) is 3.40. The van der Waals surface area contributed by atoms with E-state index < -0.39 is 0 Å². The number of hydrogen-bond donors (Lipinski definition) is 1. The van der Waals surface area contributed by atoms with E-state index in [9.17, 15) is 0 Å². The molecule has 108 valence electrons. The number of rotatable bonds is 6. The van der Waals surface area contributed by atoms with Crippen molar-refractivity contribution < 1.29 is 0 Å². The number of thioether (sulfide) groups is 1. The van der Waals surface area contributed by atoms with Crippen molar-refractivity contribution in [1.29, 1.82) is 0 Å². The van der Waals surface area contributed by atoms with Gasteiger partial charge >= 0.3 is 0 Å². The fraction of sp³-hybridized carbons (Fsp3) is 0.600. The summed E-state index contributed by atoms with van der Waals surface area (Å²) in [7, 11) is 2.08. The minimum atomic E-state index is 0. The lowest BCUT2D eigenvalue weighted by molar-refractivity contribution is 0.206. The third-order valence-corrected chi connectivity index (χ3v) is 4.59. The van der Waals surface area contributed by atoms with Gasteiger partial charge in [-0.1, -0.05) is 30.3 Å². The summed E-state index contributed by atoms with van der Waals surface area (Å²) in [6, 6.07) is 11.5. The first-order chi connectivity index (χ1) is 8.88. The molecule has 1 aromatic carbocycles. The van der Waals surface area contributed by atoms with E-state index in [1.807, 2.05) is 11.8 Å². The quantitative estimate of drug-likeness (QED) is 0.813. The summed E-state index contributed by atoms with van der Waals surface area (Å²) in [5.41, 5.74) is 1.44. The second-order valence-electron chi connectivity index (χ2n) is 4.97. The molecular formula is C15H25ClN2S. The molecule has 1 aliphatic rings. The molecule has 19 heavy (non-hydrogen) atoms. The van der Waals surface area contributed by atoms with Gasteiger partial charge in [0.25, 0.3) is 0 Å². The molecule has 2 rings (SSSR count). The highest BCUT2D eigenvalue weighted by molar-refractivity contribution is 7.98. The van der Waals surface area contributed by atoms with Gasteiger partial charge in [-0.2, -0.15) is 11.8 Å². The van der Waals surface area contributed by atoms with Crippen LogP contribution in [0.5, 0.6) is 0 Å². The van der Waals surface area contributed by atoms with Crippen LogP contribution in [0.15, 0.2) is 30.3 Å². The van der Waals surface area contributed by atoms with Crippen molar-refractivity contribution in [1.82, 2.24) is 10.2 Å². The van der Waals surface area contributed by atoms with Gasteiger partial charge < -0.3 is 10.2 Å². The summed E-state index contributed by atoms with van der Waals surface area (Å²) in [4.78, 5) is 2.60. The van der Waals surface area contributed by atoms with Crippen molar-refractivity contribution in [2.75, 3.05) is 32.4 Å². The molecule has 1 unspecified atom stereocenters. The number of halogens is 1. The number of likely N-dealkylation sites (N-methyl/N-ethyl adjacent to an activating group) is 1. The van der Waals surface area contributed by atoms with Crippen LogP contribution < -0.4 is 5.32 Å². The average molecular weight is 301 g/mol. The second kappa shape index (κ2) is 9.65. The Hall–Kier alpha value is -0.220. The maximum atomic E-state index is 3.40. The Morgan fingerprint density at radius 1 is 1.32 bits per heavy atom. The Morgan fingerprint density at radius 3 is 2.84 bits per heavy atom. The number of likely N-dealkylation sites (tertiary alicyclic amines) is 1. The van der Waals surface area contributed by atoms with E-state index in [2.05, 4.69) is 47.6 Å². The van der Waals surface area contributed by atoms with Crippen LogP contribution in [0.2, 0.25) is 0 Å². The molecule has 2 nitrogen and oxygen atoms in total. The first-order valence-corrected chi connectivity index (χ1v) is 8.05. The zero-order valence-corrected chi connectivity index (χ0v) is 13.3. The maximum absolute atomic E-state index is 3.40. The van der Waals surface area contributed by atoms with Crippen LogP contribution in [0, 0.1) is 0 Å². The Kier molecular flexibility index (Phi) is 8.55. The number of nitrogens with one attached hydrogen (secondary N) is 1. The molecule has 1 atom stereocenters. The first kappa shape index (κ1) is 16.8. The van der Waals surface area contributed by atoms with Gasteiger partial charge in [0.15, 0.2) is 0 Å². The smallest absolute Gasteiger partial charge is 0.0192 e.